The van der Waals surface area contributed by atoms with Crippen molar-refractivity contribution in [1.29, 1.82) is 0 Å². The van der Waals surface area contributed by atoms with Crippen molar-refractivity contribution in [3.8, 4) is 0 Å². The lowest BCUT2D eigenvalue weighted by molar-refractivity contribution is -0.167. The second kappa shape index (κ2) is 66.6. The molecule has 0 saturated carbocycles. The summed E-state index contributed by atoms with van der Waals surface area (Å²) in [4.78, 5) is 38.2. The van der Waals surface area contributed by atoms with E-state index in [1.54, 1.807) is 0 Å². The van der Waals surface area contributed by atoms with E-state index >= 15 is 0 Å². The van der Waals surface area contributed by atoms with E-state index in [9.17, 15) is 14.4 Å². The predicted molar refractivity (Wildman–Crippen MR) is 343 cm³/mol. The topological polar surface area (TPSA) is 78.9 Å². The molecule has 0 rings (SSSR count). The van der Waals surface area contributed by atoms with Gasteiger partial charge in [0, 0.05) is 19.3 Å². The highest BCUT2D eigenvalue weighted by Gasteiger charge is 2.19. The molecule has 0 fully saturated rings. The van der Waals surface area contributed by atoms with Crippen molar-refractivity contribution in [2.45, 2.75) is 322 Å². The summed E-state index contributed by atoms with van der Waals surface area (Å²) in [6.07, 6.45) is 91.2. The third-order valence-corrected chi connectivity index (χ3v) is 14.2. The van der Waals surface area contributed by atoms with Crippen LogP contribution in [-0.2, 0) is 28.6 Å². The smallest absolute Gasteiger partial charge is 0.306 e. The van der Waals surface area contributed by atoms with E-state index in [0.717, 1.165) is 128 Å². The Morgan fingerprint density at radius 3 is 0.823 bits per heavy atom. The Morgan fingerprint density at radius 2 is 0.506 bits per heavy atom. The van der Waals surface area contributed by atoms with Crippen molar-refractivity contribution in [2.24, 2.45) is 0 Å². The number of hydrogen-bond donors (Lipinski definition) is 0. The molecule has 0 heterocycles. The van der Waals surface area contributed by atoms with Gasteiger partial charge in [0.05, 0.1) is 0 Å². The molecule has 6 nitrogen and oxygen atoms in total. The summed E-state index contributed by atoms with van der Waals surface area (Å²) in [7, 11) is 0. The van der Waals surface area contributed by atoms with Crippen molar-refractivity contribution in [3.05, 3.63) is 109 Å². The van der Waals surface area contributed by atoms with Gasteiger partial charge < -0.3 is 14.2 Å². The Hall–Kier alpha value is -3.93. The van der Waals surface area contributed by atoms with Crippen molar-refractivity contribution in [3.63, 3.8) is 0 Å². The average Bonchev–Trinajstić information content (AvgIpc) is 3.45. The third kappa shape index (κ3) is 64.8. The van der Waals surface area contributed by atoms with Gasteiger partial charge in [0.25, 0.3) is 0 Å². The minimum Gasteiger partial charge on any atom is -0.462 e. The lowest BCUT2D eigenvalue weighted by Crippen LogP contribution is -2.30. The Labute approximate surface area is 489 Å². The minimum absolute atomic E-state index is 0.0841. The van der Waals surface area contributed by atoms with Crippen LogP contribution < -0.4 is 0 Å². The van der Waals surface area contributed by atoms with E-state index in [1.165, 1.54) is 148 Å². The molecule has 0 aliphatic heterocycles. The number of esters is 3. The molecule has 6 heteroatoms. The maximum Gasteiger partial charge on any atom is 0.306 e. The van der Waals surface area contributed by atoms with Crippen molar-refractivity contribution in [1.82, 2.24) is 0 Å². The van der Waals surface area contributed by atoms with Crippen molar-refractivity contribution in [2.75, 3.05) is 13.2 Å². The monoisotopic (exact) mass is 1100 g/mol. The highest BCUT2D eigenvalue weighted by atomic mass is 16.6. The summed E-state index contributed by atoms with van der Waals surface area (Å²) in [5.74, 6) is -0.899. The highest BCUT2D eigenvalue weighted by molar-refractivity contribution is 5.71. The van der Waals surface area contributed by atoms with Crippen LogP contribution in [0.3, 0.4) is 0 Å². The van der Waals surface area contributed by atoms with Crippen LogP contribution in [0.1, 0.15) is 316 Å². The van der Waals surface area contributed by atoms with Gasteiger partial charge in [-0.15, -0.1) is 0 Å². The molecule has 1 unspecified atom stereocenters. The third-order valence-electron chi connectivity index (χ3n) is 14.2. The number of hydrogen-bond acceptors (Lipinski definition) is 6. The summed E-state index contributed by atoms with van der Waals surface area (Å²) in [6, 6.07) is 0. The normalized spacial score (nSPS) is 12.8. The molecular weight excluding hydrogens is 973 g/mol. The second-order valence-electron chi connectivity index (χ2n) is 22.0. The van der Waals surface area contributed by atoms with Crippen LogP contribution in [0, 0.1) is 0 Å². The van der Waals surface area contributed by atoms with Crippen LogP contribution >= 0.6 is 0 Å². The van der Waals surface area contributed by atoms with Crippen LogP contribution in [0.5, 0.6) is 0 Å². The lowest BCUT2D eigenvalue weighted by atomic mass is 10.0. The number of rotatable bonds is 60. The van der Waals surface area contributed by atoms with Crippen LogP contribution in [0.2, 0.25) is 0 Å². The molecule has 79 heavy (non-hydrogen) atoms. The van der Waals surface area contributed by atoms with E-state index in [4.69, 9.17) is 14.2 Å². The molecule has 0 amide bonds. The first-order valence-electron chi connectivity index (χ1n) is 33.4. The maximum absolute atomic E-state index is 12.9. The fourth-order valence-corrected chi connectivity index (χ4v) is 9.22. The van der Waals surface area contributed by atoms with Gasteiger partial charge in [0.15, 0.2) is 6.10 Å². The fourth-order valence-electron chi connectivity index (χ4n) is 9.22. The average molecular weight is 1100 g/mol. The number of unbranched alkanes of at least 4 members (excludes halogenated alkanes) is 31. The second-order valence-corrected chi connectivity index (χ2v) is 22.0. The van der Waals surface area contributed by atoms with Gasteiger partial charge in [-0.05, 0) is 122 Å². The van der Waals surface area contributed by atoms with E-state index in [-0.39, 0.29) is 31.1 Å². The molecule has 0 aromatic rings. The van der Waals surface area contributed by atoms with Gasteiger partial charge in [0.2, 0.25) is 0 Å². The zero-order valence-electron chi connectivity index (χ0n) is 51.9. The van der Waals surface area contributed by atoms with Crippen molar-refractivity contribution >= 4 is 17.9 Å². The van der Waals surface area contributed by atoms with E-state index in [0.29, 0.717) is 19.3 Å². The minimum atomic E-state index is -0.788. The molecule has 0 bridgehead atoms. The molecule has 1 atom stereocenters. The molecule has 0 spiro atoms. The van der Waals surface area contributed by atoms with Crippen LogP contribution in [0.25, 0.3) is 0 Å². The van der Waals surface area contributed by atoms with Crippen LogP contribution in [0.4, 0.5) is 0 Å². The Bertz CT molecular complexity index is 1590. The standard InChI is InChI=1S/C73H124O6/c1-4-7-10-13-16-19-22-25-27-28-29-30-31-32-33-34-35-36-37-38-39-40-41-42-43-44-45-46-47-49-51-54-57-60-63-66-72(75)78-69-70(68-77-71(74)65-62-59-56-53-50-24-21-18-15-12-9-6-3)79-73(76)67-64-61-58-55-52-48-26-23-20-17-14-11-8-5-2/h7,10,14,16-19,21,23,25-27,29-30,32-33,35-36,70H,4-6,8-9,11-13,15,20,22,24,28,31,34,37-69H2,1-3H3/b10-7-,17-14-,19-16-,21-18-,26-23-,27-25-,30-29-,33-32-,36-35-. The molecule has 0 N–H and O–H groups in total. The number of carbonyl (C=O) groups excluding carboxylic acids is 3. The van der Waals surface area contributed by atoms with Crippen LogP contribution in [0.15, 0.2) is 109 Å². The number of carbonyl (C=O) groups is 3. The van der Waals surface area contributed by atoms with Gasteiger partial charge in [0.1, 0.15) is 13.2 Å². The molecule has 0 aliphatic carbocycles. The summed E-state index contributed by atoms with van der Waals surface area (Å²) >= 11 is 0. The molecule has 0 saturated heterocycles. The summed E-state index contributed by atoms with van der Waals surface area (Å²) in [6.45, 7) is 6.46. The Kier molecular flexibility index (Phi) is 63.3. The van der Waals surface area contributed by atoms with E-state index in [2.05, 4.69) is 130 Å². The summed E-state index contributed by atoms with van der Waals surface area (Å²) < 4.78 is 16.9. The Balaban J connectivity index is 4.12. The summed E-state index contributed by atoms with van der Waals surface area (Å²) in [5, 5.41) is 0. The van der Waals surface area contributed by atoms with Gasteiger partial charge in [-0.1, -0.05) is 284 Å². The number of ether oxygens (including phenoxy) is 3. The molecule has 0 aromatic carbocycles. The maximum atomic E-state index is 12.9. The van der Waals surface area contributed by atoms with Crippen molar-refractivity contribution < 1.29 is 28.6 Å². The Morgan fingerprint density at radius 1 is 0.266 bits per heavy atom. The zero-order chi connectivity index (χ0) is 57.1. The molecular formula is C73H124O6. The van der Waals surface area contributed by atoms with Gasteiger partial charge in [-0.2, -0.15) is 0 Å². The highest BCUT2D eigenvalue weighted by Crippen LogP contribution is 2.16. The molecule has 0 aromatic heterocycles. The van der Waals surface area contributed by atoms with Crippen LogP contribution in [-0.4, -0.2) is 37.2 Å². The first-order chi connectivity index (χ1) is 39.0. The number of allylic oxidation sites excluding steroid dienone is 18. The molecule has 452 valence electrons. The zero-order valence-corrected chi connectivity index (χ0v) is 51.9. The van der Waals surface area contributed by atoms with Gasteiger partial charge in [-0.3, -0.25) is 14.4 Å². The first kappa shape index (κ1) is 75.1. The van der Waals surface area contributed by atoms with Gasteiger partial charge >= 0.3 is 17.9 Å². The molecule has 0 radical (unpaired) electrons. The molecule has 0 aliphatic rings. The van der Waals surface area contributed by atoms with E-state index < -0.39 is 6.10 Å². The quantitative estimate of drug-likeness (QED) is 0.0261. The SMILES string of the molecule is CC/C=C\C/C=C\C/C=C\C/C=C\C/C=C\C/C=C\CCCCCCCCCCCCCCCCCCC(=O)OCC(COC(=O)CCCCCCC/C=C\CCCCC)OC(=O)CCCCCCC/C=C\C/C=C\CCCC. The predicted octanol–water partition coefficient (Wildman–Crippen LogP) is 23.0. The summed E-state index contributed by atoms with van der Waals surface area (Å²) in [5.41, 5.74) is 0. The largest absolute Gasteiger partial charge is 0.462 e. The lowest BCUT2D eigenvalue weighted by Gasteiger charge is -2.18. The first-order valence-corrected chi connectivity index (χ1v) is 33.4. The fraction of sp³-hybridized carbons (Fsp3) is 0.712. The van der Waals surface area contributed by atoms with Gasteiger partial charge in [-0.25, -0.2) is 0 Å². The van der Waals surface area contributed by atoms with E-state index in [1.807, 2.05) is 0 Å².